The Balaban J connectivity index is 1.18. The molecule has 3 aromatic heterocycles. The third-order valence-electron chi connectivity index (χ3n) is 11.4. The average molecular weight is 844 g/mol. The molecule has 1 spiro atoms. The third kappa shape index (κ3) is 4.28. The monoisotopic (exact) mass is 843 g/mol. The van der Waals surface area contributed by atoms with Crippen LogP contribution in [0.4, 0.5) is 0 Å². The van der Waals surface area contributed by atoms with Crippen molar-refractivity contribution in [1.29, 1.82) is 10.5 Å². The van der Waals surface area contributed by atoms with Crippen LogP contribution in [-0.2, 0) is 5.41 Å². The zero-order valence-electron chi connectivity index (χ0n) is 29.9. The molecule has 1 aliphatic carbocycles. The first kappa shape index (κ1) is 32.0. The number of aromatic nitrogens is 3. The van der Waals surface area contributed by atoms with Gasteiger partial charge < -0.3 is 0 Å². The van der Waals surface area contributed by atoms with Gasteiger partial charge in [0.25, 0.3) is 0 Å². The van der Waals surface area contributed by atoms with Crippen LogP contribution < -0.4 is 9.47 Å². The van der Waals surface area contributed by atoms with Crippen LogP contribution in [0.15, 0.2) is 158 Å². The molecule has 266 valence electrons. The topological polar surface area (TPSA) is 96.8 Å². The normalized spacial score (nSPS) is 14.2. The number of fused-ring (bicyclic) bond motifs is 14. The molecule has 0 N–H and O–H groups in total. The van der Waals surface area contributed by atoms with E-state index in [9.17, 15) is 10.5 Å². The molecule has 0 amide bonds. The second-order valence-corrected chi connectivity index (χ2v) is 19.4. The SMILES string of the molecule is N#Cc1ccc2c(c1)c1cc(C#N)ccc1n2-c1cccc2c1C1(c3ccc(I4c5ccccc5Oc5ccccc54)cc3O2)c2cccnc2-c2ncccc21. The van der Waals surface area contributed by atoms with Crippen molar-refractivity contribution in [3.05, 3.63) is 202 Å². The molecule has 0 fully saturated rings. The summed E-state index contributed by atoms with van der Waals surface area (Å²) < 4.78 is 19.6. The van der Waals surface area contributed by atoms with Gasteiger partial charge in [0, 0.05) is 0 Å². The number of nitriles is 2. The molecule has 5 heterocycles. The Bertz CT molecular complexity index is 3160. The van der Waals surface area contributed by atoms with Crippen LogP contribution in [0.1, 0.15) is 33.4 Å². The summed E-state index contributed by atoms with van der Waals surface area (Å²) in [6.45, 7) is 0. The zero-order chi connectivity index (χ0) is 37.8. The number of para-hydroxylation sites is 2. The molecule has 7 nitrogen and oxygen atoms in total. The summed E-state index contributed by atoms with van der Waals surface area (Å²) in [7, 11) is 0. The van der Waals surface area contributed by atoms with Crippen molar-refractivity contribution in [2.24, 2.45) is 0 Å². The van der Waals surface area contributed by atoms with Crippen LogP contribution in [0.5, 0.6) is 23.0 Å². The molecular weight excluding hydrogens is 817 g/mol. The van der Waals surface area contributed by atoms with E-state index in [-0.39, 0.29) is 0 Å². The summed E-state index contributed by atoms with van der Waals surface area (Å²) in [4.78, 5) is 9.98. The summed E-state index contributed by atoms with van der Waals surface area (Å²) in [6, 6.07) is 54.5. The van der Waals surface area contributed by atoms with Gasteiger partial charge in [-0.1, -0.05) is 0 Å². The van der Waals surface area contributed by atoms with Crippen LogP contribution in [0.2, 0.25) is 0 Å². The molecule has 6 aromatic carbocycles. The summed E-state index contributed by atoms with van der Waals surface area (Å²) in [5.41, 5.74) is 8.74. The number of pyridine rings is 2. The van der Waals surface area contributed by atoms with Crippen molar-refractivity contribution in [1.82, 2.24) is 14.5 Å². The molecule has 0 radical (unpaired) electrons. The van der Waals surface area contributed by atoms with Gasteiger partial charge >= 0.3 is 313 Å². The molecule has 0 bridgehead atoms. The van der Waals surface area contributed by atoms with Gasteiger partial charge in [-0.3, -0.25) is 0 Å². The van der Waals surface area contributed by atoms with E-state index >= 15 is 0 Å². The van der Waals surface area contributed by atoms with E-state index in [4.69, 9.17) is 19.4 Å². The molecule has 3 aliphatic rings. The third-order valence-corrected chi connectivity index (χ3v) is 17.4. The van der Waals surface area contributed by atoms with E-state index in [1.165, 1.54) is 10.7 Å². The Labute approximate surface area is 334 Å². The maximum atomic E-state index is 9.93. The van der Waals surface area contributed by atoms with Crippen LogP contribution >= 0.6 is 19.8 Å². The second-order valence-electron chi connectivity index (χ2n) is 14.2. The van der Waals surface area contributed by atoms with Crippen LogP contribution in [0.3, 0.4) is 0 Å². The number of hydrogen-bond donors (Lipinski definition) is 0. The van der Waals surface area contributed by atoms with Crippen molar-refractivity contribution < 1.29 is 9.47 Å². The predicted octanol–water partition coefficient (Wildman–Crippen LogP) is 11.3. The predicted molar refractivity (Wildman–Crippen MR) is 226 cm³/mol. The quantitative estimate of drug-likeness (QED) is 0.161. The maximum absolute atomic E-state index is 9.93. The molecule has 0 saturated heterocycles. The van der Waals surface area contributed by atoms with Crippen molar-refractivity contribution in [2.75, 3.05) is 0 Å². The van der Waals surface area contributed by atoms with Gasteiger partial charge in [0.1, 0.15) is 0 Å². The van der Waals surface area contributed by atoms with Gasteiger partial charge in [0.15, 0.2) is 0 Å². The first-order valence-electron chi connectivity index (χ1n) is 18.5. The zero-order valence-corrected chi connectivity index (χ0v) is 32.1. The Morgan fingerprint density at radius 1 is 0.526 bits per heavy atom. The van der Waals surface area contributed by atoms with Gasteiger partial charge in [-0.25, -0.2) is 0 Å². The molecular formula is C49H26IN5O2. The van der Waals surface area contributed by atoms with Crippen LogP contribution in [0, 0.1) is 33.4 Å². The van der Waals surface area contributed by atoms with E-state index in [1.54, 1.807) is 0 Å². The number of hydrogen-bond acceptors (Lipinski definition) is 6. The molecule has 0 saturated carbocycles. The minimum absolute atomic E-state index is 0.554. The van der Waals surface area contributed by atoms with Crippen LogP contribution in [-0.4, -0.2) is 14.5 Å². The molecule has 12 rings (SSSR count). The number of ether oxygens (including phenoxy) is 2. The van der Waals surface area contributed by atoms with E-state index in [1.807, 2.05) is 79.1 Å². The Hall–Kier alpha value is -7.27. The standard InChI is InChI=1S/C49H26IN5O2/c51-27-29-16-20-39-32(24-29)33-25-30(28-52)17-21-40(33)55(39)41-12-5-15-44-46(41)49(35-8-6-22-53-47(35)48-36(49)9-7-23-54-48)34-19-18-31(26-45(34)57-44)50-37-10-1-3-13-42(37)56-43-14-4-2-11-38(43)50/h1-26H. The summed E-state index contributed by atoms with van der Waals surface area (Å²) in [6.07, 6.45) is 3.68. The molecule has 57 heavy (non-hydrogen) atoms. The van der Waals surface area contributed by atoms with Gasteiger partial charge in [0.05, 0.1) is 12.1 Å². The Morgan fingerprint density at radius 2 is 1.11 bits per heavy atom. The van der Waals surface area contributed by atoms with E-state index < -0.39 is 25.2 Å². The second kappa shape index (κ2) is 11.9. The van der Waals surface area contributed by atoms with Gasteiger partial charge in [-0.15, -0.1) is 0 Å². The van der Waals surface area contributed by atoms with Gasteiger partial charge in [-0.05, 0) is 0 Å². The minimum atomic E-state index is -2.24. The summed E-state index contributed by atoms with van der Waals surface area (Å²) >= 11 is -2.24. The fourth-order valence-corrected chi connectivity index (χ4v) is 15.1. The molecule has 9 aromatic rings. The Morgan fingerprint density at radius 3 is 1.72 bits per heavy atom. The summed E-state index contributed by atoms with van der Waals surface area (Å²) in [5, 5.41) is 21.6. The number of nitrogens with zero attached hydrogens (tertiary/aromatic N) is 5. The van der Waals surface area contributed by atoms with Gasteiger partial charge in [0.2, 0.25) is 0 Å². The van der Waals surface area contributed by atoms with Crippen molar-refractivity contribution >= 4 is 41.6 Å². The van der Waals surface area contributed by atoms with E-state index in [2.05, 4.69) is 95.6 Å². The van der Waals surface area contributed by atoms with Crippen molar-refractivity contribution in [3.8, 4) is 52.2 Å². The van der Waals surface area contributed by atoms with E-state index in [0.717, 1.165) is 84.1 Å². The number of benzene rings is 6. The first-order chi connectivity index (χ1) is 28.2. The van der Waals surface area contributed by atoms with Gasteiger partial charge in [-0.2, -0.15) is 10.5 Å². The Kier molecular flexibility index (Phi) is 6.66. The average Bonchev–Trinajstić information content (AvgIpc) is 3.74. The number of rotatable bonds is 2. The van der Waals surface area contributed by atoms with Crippen molar-refractivity contribution in [2.45, 2.75) is 5.41 Å². The van der Waals surface area contributed by atoms with Crippen molar-refractivity contribution in [3.63, 3.8) is 0 Å². The molecule has 2 aliphatic heterocycles. The molecule has 8 heteroatoms. The summed E-state index contributed by atoms with van der Waals surface area (Å²) in [5.74, 6) is 3.36. The fourth-order valence-electron chi connectivity index (χ4n) is 9.18. The molecule has 0 atom stereocenters. The first-order valence-corrected chi connectivity index (χ1v) is 21.7. The number of halogens is 1. The molecule has 0 unspecified atom stereocenters. The fraction of sp³-hybridized carbons (Fsp3) is 0.0204. The van der Waals surface area contributed by atoms with E-state index in [0.29, 0.717) is 11.1 Å². The van der Waals surface area contributed by atoms with Crippen LogP contribution in [0.25, 0.3) is 38.9 Å².